The number of rotatable bonds is 1. The van der Waals surface area contributed by atoms with Crippen LogP contribution in [0, 0.1) is 0 Å². The molecule has 2 aliphatic heterocycles. The topological polar surface area (TPSA) is 49.5 Å². The minimum absolute atomic E-state index is 0.236. The van der Waals surface area contributed by atoms with Crippen molar-refractivity contribution >= 4 is 0 Å². The Morgan fingerprint density at radius 2 is 1.57 bits per heavy atom. The summed E-state index contributed by atoms with van der Waals surface area (Å²) in [7, 11) is 1.50. The van der Waals surface area contributed by atoms with Crippen LogP contribution in [0.1, 0.15) is 39.5 Å². The number of fused-ring (bicyclic) bond motifs is 1. The summed E-state index contributed by atoms with van der Waals surface area (Å²) in [4.78, 5) is 2.47. The van der Waals surface area contributed by atoms with Gasteiger partial charge >= 0.3 is 0 Å². The highest BCUT2D eigenvalue weighted by molar-refractivity contribution is 4.99. The average molecular weight is 202 g/mol. The molecule has 3 nitrogen and oxygen atoms in total. The first kappa shape index (κ1) is 13.9. The normalized spacial score (nSPS) is 22.9. The van der Waals surface area contributed by atoms with Crippen molar-refractivity contribution in [1.29, 1.82) is 0 Å². The standard InChI is InChI=1S/C8H15NO.C2H6.CH5N/c10-7-8-3-1-5-9(8)6-2-4-8;2*1-2/h10H,1-7H2;1-2H3;2H2,1H3. The van der Waals surface area contributed by atoms with Gasteiger partial charge in [-0.15, -0.1) is 0 Å². The maximum atomic E-state index is 9.19. The lowest BCUT2D eigenvalue weighted by molar-refractivity contribution is 0.0999. The van der Waals surface area contributed by atoms with Gasteiger partial charge in [-0.2, -0.15) is 0 Å². The smallest absolute Gasteiger partial charge is 0.0615 e. The molecule has 2 fully saturated rings. The summed E-state index contributed by atoms with van der Waals surface area (Å²) in [6, 6.07) is 0. The first-order chi connectivity index (χ1) is 6.87. The molecule has 0 saturated carbocycles. The number of nitrogens with two attached hydrogens (primary N) is 1. The van der Waals surface area contributed by atoms with Crippen LogP contribution in [-0.4, -0.2) is 42.3 Å². The third-order valence-electron chi connectivity index (χ3n) is 3.11. The van der Waals surface area contributed by atoms with Crippen LogP contribution in [0.25, 0.3) is 0 Å². The highest BCUT2D eigenvalue weighted by Crippen LogP contribution is 2.37. The van der Waals surface area contributed by atoms with Gasteiger partial charge in [0.25, 0.3) is 0 Å². The van der Waals surface area contributed by atoms with Gasteiger partial charge in [0.15, 0.2) is 0 Å². The Balaban J connectivity index is 0.000000379. The quantitative estimate of drug-likeness (QED) is 0.672. The second kappa shape index (κ2) is 7.21. The second-order valence-electron chi connectivity index (χ2n) is 3.58. The fraction of sp³-hybridized carbons (Fsp3) is 1.00. The van der Waals surface area contributed by atoms with Gasteiger partial charge in [0.2, 0.25) is 0 Å². The summed E-state index contributed by atoms with van der Waals surface area (Å²) in [6.45, 7) is 6.83. The van der Waals surface area contributed by atoms with Crippen LogP contribution >= 0.6 is 0 Å². The van der Waals surface area contributed by atoms with Crippen LogP contribution in [0.15, 0.2) is 0 Å². The fourth-order valence-electron chi connectivity index (χ4n) is 2.48. The van der Waals surface area contributed by atoms with Crippen LogP contribution in [0.3, 0.4) is 0 Å². The van der Waals surface area contributed by atoms with Gasteiger partial charge < -0.3 is 10.8 Å². The molecule has 2 aliphatic rings. The third kappa shape index (κ3) is 2.69. The summed E-state index contributed by atoms with van der Waals surface area (Å²) >= 11 is 0. The minimum atomic E-state index is 0.236. The van der Waals surface area contributed by atoms with Gasteiger partial charge in [-0.1, -0.05) is 13.8 Å². The molecule has 0 spiro atoms. The molecule has 0 bridgehead atoms. The van der Waals surface area contributed by atoms with Crippen molar-refractivity contribution in [2.75, 3.05) is 26.7 Å². The molecule has 0 aromatic heterocycles. The lowest BCUT2D eigenvalue weighted by Crippen LogP contribution is -2.41. The number of nitrogens with zero attached hydrogens (tertiary/aromatic N) is 1. The molecule has 0 aromatic rings. The van der Waals surface area contributed by atoms with E-state index in [4.69, 9.17) is 0 Å². The van der Waals surface area contributed by atoms with Crippen molar-refractivity contribution in [2.24, 2.45) is 5.73 Å². The number of aliphatic hydroxyl groups excluding tert-OH is 1. The molecule has 3 N–H and O–H groups in total. The summed E-state index contributed by atoms with van der Waals surface area (Å²) in [5, 5.41) is 9.19. The Morgan fingerprint density at radius 3 is 1.86 bits per heavy atom. The summed E-state index contributed by atoms with van der Waals surface area (Å²) < 4.78 is 0. The second-order valence-corrected chi connectivity index (χ2v) is 3.58. The molecule has 0 radical (unpaired) electrons. The molecule has 0 aliphatic carbocycles. The Morgan fingerprint density at radius 1 is 1.14 bits per heavy atom. The van der Waals surface area contributed by atoms with Gasteiger partial charge in [0, 0.05) is 5.54 Å². The molecule has 0 atom stereocenters. The molecule has 14 heavy (non-hydrogen) atoms. The highest BCUT2D eigenvalue weighted by Gasteiger charge is 2.43. The van der Waals surface area contributed by atoms with Crippen molar-refractivity contribution in [3.8, 4) is 0 Å². The Bertz CT molecular complexity index is 129. The van der Waals surface area contributed by atoms with Gasteiger partial charge in [-0.3, -0.25) is 4.90 Å². The summed E-state index contributed by atoms with van der Waals surface area (Å²) in [6.07, 6.45) is 5.04. The van der Waals surface area contributed by atoms with E-state index < -0.39 is 0 Å². The van der Waals surface area contributed by atoms with Crippen molar-refractivity contribution < 1.29 is 5.11 Å². The SMILES string of the molecule is CC.CN.OCC12CCCN1CCC2. The fourth-order valence-corrected chi connectivity index (χ4v) is 2.48. The van der Waals surface area contributed by atoms with Gasteiger partial charge in [-0.25, -0.2) is 0 Å². The minimum Gasteiger partial charge on any atom is -0.394 e. The molecule has 2 rings (SSSR count). The molecular weight excluding hydrogens is 176 g/mol. The van der Waals surface area contributed by atoms with Crippen molar-refractivity contribution in [3.63, 3.8) is 0 Å². The van der Waals surface area contributed by atoms with Crippen molar-refractivity contribution in [3.05, 3.63) is 0 Å². The Hall–Kier alpha value is -0.120. The predicted molar refractivity (Wildman–Crippen MR) is 61.3 cm³/mol. The van der Waals surface area contributed by atoms with E-state index in [1.54, 1.807) is 0 Å². The van der Waals surface area contributed by atoms with E-state index in [0.717, 1.165) is 0 Å². The molecule has 2 saturated heterocycles. The van der Waals surface area contributed by atoms with E-state index in [1.165, 1.54) is 45.8 Å². The Labute approximate surface area is 88.3 Å². The van der Waals surface area contributed by atoms with Gasteiger partial charge in [0.05, 0.1) is 6.61 Å². The lowest BCUT2D eigenvalue weighted by Gasteiger charge is -2.29. The van der Waals surface area contributed by atoms with Crippen LogP contribution < -0.4 is 5.73 Å². The largest absolute Gasteiger partial charge is 0.394 e. The van der Waals surface area contributed by atoms with Gasteiger partial charge in [0.1, 0.15) is 0 Å². The summed E-state index contributed by atoms with van der Waals surface area (Å²) in [5.74, 6) is 0. The van der Waals surface area contributed by atoms with E-state index in [1.807, 2.05) is 13.8 Å². The monoisotopic (exact) mass is 202 g/mol. The van der Waals surface area contributed by atoms with Crippen LogP contribution in [-0.2, 0) is 0 Å². The van der Waals surface area contributed by atoms with Crippen LogP contribution in [0.5, 0.6) is 0 Å². The lowest BCUT2D eigenvalue weighted by atomic mass is 9.96. The molecule has 3 heteroatoms. The molecule has 0 unspecified atom stereocenters. The molecule has 0 amide bonds. The average Bonchev–Trinajstić information content (AvgIpc) is 2.82. The van der Waals surface area contributed by atoms with Gasteiger partial charge in [-0.05, 0) is 45.8 Å². The first-order valence-corrected chi connectivity index (χ1v) is 5.81. The molecule has 2 heterocycles. The molecule has 86 valence electrons. The highest BCUT2D eigenvalue weighted by atomic mass is 16.3. The maximum absolute atomic E-state index is 9.19. The third-order valence-corrected chi connectivity index (χ3v) is 3.11. The number of hydrogen-bond acceptors (Lipinski definition) is 3. The van der Waals surface area contributed by atoms with Crippen LogP contribution in [0.4, 0.5) is 0 Å². The van der Waals surface area contributed by atoms with Crippen LogP contribution in [0.2, 0.25) is 0 Å². The first-order valence-electron chi connectivity index (χ1n) is 5.81. The zero-order valence-corrected chi connectivity index (χ0v) is 9.92. The molecule has 0 aromatic carbocycles. The maximum Gasteiger partial charge on any atom is 0.0615 e. The van der Waals surface area contributed by atoms with E-state index in [9.17, 15) is 5.11 Å². The zero-order valence-electron chi connectivity index (χ0n) is 9.92. The van der Waals surface area contributed by atoms with Crippen molar-refractivity contribution in [1.82, 2.24) is 4.90 Å². The van der Waals surface area contributed by atoms with E-state index in [0.29, 0.717) is 6.61 Å². The van der Waals surface area contributed by atoms with Crippen molar-refractivity contribution in [2.45, 2.75) is 45.1 Å². The predicted octanol–water partition coefficient (Wildman–Crippen LogP) is 1.21. The van der Waals surface area contributed by atoms with E-state index >= 15 is 0 Å². The number of hydrogen-bond donors (Lipinski definition) is 2. The van der Waals surface area contributed by atoms with E-state index in [2.05, 4.69) is 10.6 Å². The number of aliphatic hydroxyl groups is 1. The summed E-state index contributed by atoms with van der Waals surface area (Å²) in [5.41, 5.74) is 4.74. The zero-order chi connectivity index (χ0) is 11.0. The Kier molecular flexibility index (Phi) is 7.15. The molecular formula is C11H26N2O. The van der Waals surface area contributed by atoms with E-state index in [-0.39, 0.29) is 5.54 Å².